The predicted octanol–water partition coefficient (Wildman–Crippen LogP) is 14.3. The summed E-state index contributed by atoms with van der Waals surface area (Å²) in [5.41, 5.74) is 25.4. The fraction of sp³-hybridized carbons (Fsp3) is 0.175. The minimum atomic E-state index is 0. The van der Waals surface area contributed by atoms with Gasteiger partial charge in [-0.2, -0.15) is 5.10 Å². The third kappa shape index (κ3) is 13.4. The minimum Gasteiger partial charge on any atom is -0.352 e. The highest BCUT2D eigenvalue weighted by atomic mass is 15.3. The molecule has 1 aromatic carbocycles. The molecule has 1 unspecified atom stereocenters. The van der Waals surface area contributed by atoms with Gasteiger partial charge in [-0.3, -0.25) is 24.9 Å². The van der Waals surface area contributed by atoms with Crippen molar-refractivity contribution < 1.29 is 1.43 Å². The number of aromatic amines is 3. The van der Waals surface area contributed by atoms with E-state index in [0.29, 0.717) is 11.4 Å². The van der Waals surface area contributed by atoms with Crippen molar-refractivity contribution in [2.45, 2.75) is 75.3 Å². The fourth-order valence-electron chi connectivity index (χ4n) is 8.66. The van der Waals surface area contributed by atoms with E-state index in [9.17, 15) is 0 Å². The first-order valence-electron chi connectivity index (χ1n) is 24.9. The average molecular weight is 1020 g/mol. The third-order valence-electron chi connectivity index (χ3n) is 12.5. The molecule has 12 rings (SSSR count). The Labute approximate surface area is 452 Å². The van der Waals surface area contributed by atoms with Crippen molar-refractivity contribution >= 4 is 5.71 Å². The lowest BCUT2D eigenvalue weighted by molar-refractivity contribution is 0.504. The first-order chi connectivity index (χ1) is 36.6. The van der Waals surface area contributed by atoms with Crippen LogP contribution in [0.4, 0.5) is 0 Å². The summed E-state index contributed by atoms with van der Waals surface area (Å²) in [6, 6.07) is 58.7. The van der Waals surface area contributed by atoms with Crippen LogP contribution in [0.5, 0.6) is 0 Å². The third-order valence-corrected chi connectivity index (χ3v) is 12.5. The van der Waals surface area contributed by atoms with Crippen LogP contribution in [-0.2, 0) is 0 Å². The van der Waals surface area contributed by atoms with E-state index in [1.54, 1.807) is 0 Å². The Morgan fingerprint density at radius 2 is 0.688 bits per heavy atom. The largest absolute Gasteiger partial charge is 1.00 e. The molecule has 0 amide bonds. The Morgan fingerprint density at radius 1 is 0.351 bits per heavy atom. The summed E-state index contributed by atoms with van der Waals surface area (Å²) in [6.45, 7) is 12.0. The number of hydrogen-bond donors (Lipinski definition) is 4. The quantitative estimate of drug-likeness (QED) is 0.108. The highest BCUT2D eigenvalue weighted by molar-refractivity contribution is 6.00. The number of rotatable bonds is 9. The van der Waals surface area contributed by atoms with Crippen LogP contribution < -0.4 is 5.43 Å². The van der Waals surface area contributed by atoms with Gasteiger partial charge >= 0.3 is 1.43 Å². The molecule has 0 radical (unpaired) electrons. The molecule has 14 nitrogen and oxygen atoms in total. The second-order valence-corrected chi connectivity index (χ2v) is 18.5. The first kappa shape index (κ1) is 53.7. The molecule has 0 saturated heterocycles. The molecule has 1 aliphatic rings. The monoisotopic (exact) mass is 1020 g/mol. The van der Waals surface area contributed by atoms with E-state index in [-0.39, 0.29) is 22.3 Å². The van der Waals surface area contributed by atoms with Gasteiger partial charge in [0.15, 0.2) is 0 Å². The molecule has 0 spiro atoms. The molecule has 0 aliphatic carbocycles. The lowest BCUT2D eigenvalue weighted by Crippen LogP contribution is -2.24. The van der Waals surface area contributed by atoms with Crippen LogP contribution in [0.2, 0.25) is 0 Å². The molecule has 0 bridgehead atoms. The van der Waals surface area contributed by atoms with E-state index >= 15 is 0 Å². The van der Waals surface area contributed by atoms with Gasteiger partial charge in [0.05, 0.1) is 74.4 Å². The zero-order valence-electron chi connectivity index (χ0n) is 43.7. The molecule has 77 heavy (non-hydrogen) atoms. The first-order valence-corrected chi connectivity index (χ1v) is 24.9. The molecule has 0 saturated carbocycles. The van der Waals surface area contributed by atoms with Crippen LogP contribution in [0.3, 0.4) is 0 Å². The van der Waals surface area contributed by atoms with Crippen molar-refractivity contribution in [3.63, 3.8) is 0 Å². The number of aromatic nitrogens is 12. The highest BCUT2D eigenvalue weighted by Gasteiger charge is 2.20. The Hall–Kier alpha value is -9.56. The van der Waals surface area contributed by atoms with Gasteiger partial charge in [0.25, 0.3) is 0 Å². The van der Waals surface area contributed by atoms with E-state index in [1.807, 2.05) is 150 Å². The topological polar surface area (TPSA) is 188 Å². The Bertz CT molecular complexity index is 3580. The summed E-state index contributed by atoms with van der Waals surface area (Å²) in [5.74, 6) is 0. The molecule has 4 N–H and O–H groups in total. The second kappa shape index (κ2) is 24.6. The fourth-order valence-corrected chi connectivity index (χ4v) is 8.66. The summed E-state index contributed by atoms with van der Waals surface area (Å²) in [6.07, 6.45) is 1.99. The zero-order chi connectivity index (χ0) is 51.7. The molecule has 14 heteroatoms. The molecule has 1 atom stereocenters. The van der Waals surface area contributed by atoms with Crippen molar-refractivity contribution in [1.82, 2.24) is 65.7 Å². The minimum absolute atomic E-state index is 0. The SMILES string of the molecule is C.C.Cc1cccc(-c2ccc(-c3ccc(-c4cccc(C)n4)[nH]3)[nH]2)n1.Cc1cccc(-c2ccc(-c3ccc(-c4cccc(C)n4)nn3)nn2)n1.Cc1cccc(C2CCC(c3ccc(-c4cccc(C)n4)[nH]3)=NN2)c1.[H+]. The van der Waals surface area contributed by atoms with Gasteiger partial charge in [-0.15, -0.1) is 20.4 Å². The van der Waals surface area contributed by atoms with Crippen LogP contribution in [0.1, 0.15) is 80.5 Å². The van der Waals surface area contributed by atoms with Crippen LogP contribution >= 0.6 is 0 Å². The molecule has 0 fully saturated rings. The molecule has 11 aromatic rings. The van der Waals surface area contributed by atoms with E-state index in [4.69, 9.17) is 0 Å². The molecule has 10 aromatic heterocycles. The van der Waals surface area contributed by atoms with Crippen molar-refractivity contribution in [2.24, 2.45) is 5.10 Å². The average Bonchev–Trinajstić information content (AvgIpc) is 4.26. The number of benzene rings is 1. The number of H-pyrrole nitrogens is 3. The number of nitrogens with zero attached hydrogens (tertiary/aromatic N) is 10. The maximum absolute atomic E-state index is 4.63. The van der Waals surface area contributed by atoms with Crippen molar-refractivity contribution in [1.29, 1.82) is 0 Å². The van der Waals surface area contributed by atoms with Gasteiger partial charge in [-0.05, 0) is 181 Å². The molecular formula is C63H65N14+. The lowest BCUT2D eigenvalue weighted by Gasteiger charge is -2.23. The zero-order valence-corrected chi connectivity index (χ0v) is 42.7. The van der Waals surface area contributed by atoms with Crippen LogP contribution in [0, 0.1) is 41.5 Å². The van der Waals surface area contributed by atoms with E-state index < -0.39 is 0 Å². The summed E-state index contributed by atoms with van der Waals surface area (Å²) in [5, 5.41) is 21.7. The van der Waals surface area contributed by atoms with Gasteiger partial charge in [0.1, 0.15) is 22.8 Å². The van der Waals surface area contributed by atoms with Gasteiger partial charge in [-0.1, -0.05) is 75.0 Å². The van der Waals surface area contributed by atoms with E-state index in [0.717, 1.165) is 121 Å². The highest BCUT2D eigenvalue weighted by Crippen LogP contribution is 2.28. The summed E-state index contributed by atoms with van der Waals surface area (Å²) in [7, 11) is 0. The number of pyridine rings is 5. The lowest BCUT2D eigenvalue weighted by atomic mass is 9.97. The number of nitrogens with one attached hydrogen (secondary N) is 4. The summed E-state index contributed by atoms with van der Waals surface area (Å²) >= 11 is 0. The normalized spacial score (nSPS) is 12.5. The van der Waals surface area contributed by atoms with Crippen molar-refractivity contribution in [2.75, 3.05) is 0 Å². The van der Waals surface area contributed by atoms with E-state index in [1.165, 1.54) is 11.1 Å². The number of hydrazone groups is 1. The maximum atomic E-state index is 4.63. The predicted molar refractivity (Wildman–Crippen MR) is 312 cm³/mol. The maximum Gasteiger partial charge on any atom is 1.00 e. The number of hydrogen-bond acceptors (Lipinski definition) is 11. The van der Waals surface area contributed by atoms with E-state index in [2.05, 4.69) is 138 Å². The molecule has 1 aliphatic heterocycles. The van der Waals surface area contributed by atoms with Crippen LogP contribution in [0.25, 0.3) is 79.7 Å². The molecular weight excluding hydrogens is 953 g/mol. The standard InChI is InChI=1S/C21H22N4.C20H16N6.C20H18N4.2CH4/c1-14-5-3-7-16(13-14)17-9-12-21(25-24-17)20-11-10-19(23-20)18-8-4-6-15(2)22-18;1-13-5-3-7-15(21-13)17-9-11-19(25-23-17)20-12-10-18(24-26-20)16-8-4-6-14(2)22-16;1-13-5-3-7-15(21-13)17-9-11-19(23-17)20-12-10-18(24-20)16-8-4-6-14(2)22-16;;/h3-8,10-11,13,17,23-24H,9,12H2,1-2H3;3-12H,1-2H3;3-12,23-24H,1-2H3;2*1H4/p+1. The molecule has 386 valence electrons. The van der Waals surface area contributed by atoms with Crippen LogP contribution in [0.15, 0.2) is 181 Å². The van der Waals surface area contributed by atoms with Gasteiger partial charge in [0.2, 0.25) is 0 Å². The smallest absolute Gasteiger partial charge is 0.352 e. The summed E-state index contributed by atoms with van der Waals surface area (Å²) < 4.78 is 0. The van der Waals surface area contributed by atoms with Gasteiger partial charge in [0, 0.05) is 28.5 Å². The number of aryl methyl sites for hydroxylation is 6. The van der Waals surface area contributed by atoms with Crippen molar-refractivity contribution in [3.8, 4) is 79.7 Å². The Balaban J connectivity index is 0.000000167. The Kier molecular flexibility index (Phi) is 17.2. The van der Waals surface area contributed by atoms with Gasteiger partial charge < -0.3 is 20.4 Å². The molecule has 11 heterocycles. The summed E-state index contributed by atoms with van der Waals surface area (Å²) in [4.78, 5) is 32.9. The van der Waals surface area contributed by atoms with Crippen LogP contribution in [-0.4, -0.2) is 66.0 Å². The van der Waals surface area contributed by atoms with Gasteiger partial charge in [-0.25, -0.2) is 0 Å². The second-order valence-electron chi connectivity index (χ2n) is 18.5. The Morgan fingerprint density at radius 3 is 1.05 bits per heavy atom. The van der Waals surface area contributed by atoms with Crippen molar-refractivity contribution in [3.05, 3.63) is 221 Å².